The van der Waals surface area contributed by atoms with E-state index in [0.29, 0.717) is 6.54 Å². The molecule has 1 rings (SSSR count). The summed E-state index contributed by atoms with van der Waals surface area (Å²) in [7, 11) is 1.55. The molecule has 0 bridgehead atoms. The minimum absolute atomic E-state index is 0.172. The maximum absolute atomic E-state index is 13.3. The second-order valence-electron chi connectivity index (χ2n) is 4.36. The molecule has 0 aromatic heterocycles. The molecule has 100 valence electrons. The zero-order valence-corrected chi connectivity index (χ0v) is 11.9. The van der Waals surface area contributed by atoms with Gasteiger partial charge in [-0.2, -0.15) is 0 Å². The van der Waals surface area contributed by atoms with Crippen molar-refractivity contribution in [3.63, 3.8) is 0 Å². The Hall–Kier alpha value is -1.21. The average Bonchev–Trinajstić information content (AvgIpc) is 2.30. The largest absolute Gasteiger partial charge is 0.377 e. The molecule has 0 atom stereocenters. The van der Waals surface area contributed by atoms with E-state index >= 15 is 0 Å². The fourth-order valence-electron chi connectivity index (χ4n) is 1.21. The van der Waals surface area contributed by atoms with E-state index in [0.717, 1.165) is 6.07 Å². The quantitative estimate of drug-likeness (QED) is 0.667. The maximum atomic E-state index is 13.3. The second-order valence-corrected chi connectivity index (χ2v) is 5.21. The Morgan fingerprint density at radius 3 is 2.67 bits per heavy atom. The van der Waals surface area contributed by atoms with Crippen molar-refractivity contribution in [1.29, 1.82) is 0 Å². The van der Waals surface area contributed by atoms with Gasteiger partial charge in [0.25, 0.3) is 5.69 Å². The predicted octanol–water partition coefficient (Wildman–Crippen LogP) is 3.33. The minimum Gasteiger partial charge on any atom is -0.377 e. The number of ether oxygens (including phenoxy) is 1. The third-order valence-electron chi connectivity index (χ3n) is 2.49. The van der Waals surface area contributed by atoms with Crippen molar-refractivity contribution in [2.45, 2.75) is 19.4 Å². The Balaban J connectivity index is 3.01. The number of methoxy groups -OCH3 is 1. The van der Waals surface area contributed by atoms with E-state index in [9.17, 15) is 14.5 Å². The van der Waals surface area contributed by atoms with Gasteiger partial charge in [0.05, 0.1) is 21.1 Å². The first kappa shape index (κ1) is 14.8. The fraction of sp³-hybridized carbons (Fsp3) is 0.455. The molecule has 1 aromatic rings. The first-order valence-corrected chi connectivity index (χ1v) is 5.98. The van der Waals surface area contributed by atoms with Crippen LogP contribution in [0.2, 0.25) is 0 Å². The molecule has 0 saturated carbocycles. The van der Waals surface area contributed by atoms with Crippen LogP contribution >= 0.6 is 15.9 Å². The molecule has 0 spiro atoms. The van der Waals surface area contributed by atoms with Crippen LogP contribution < -0.4 is 5.32 Å². The van der Waals surface area contributed by atoms with Gasteiger partial charge >= 0.3 is 0 Å². The standard InChI is InChI=1S/C11H14BrFN2O3/c1-11(2,18-3)6-14-9-4-7(12)8(13)5-10(9)15(16)17/h4-5,14H,6H2,1-3H3. The van der Waals surface area contributed by atoms with Crippen LogP contribution in [0.4, 0.5) is 15.8 Å². The Morgan fingerprint density at radius 1 is 1.56 bits per heavy atom. The smallest absolute Gasteiger partial charge is 0.295 e. The SMILES string of the molecule is COC(C)(C)CNc1cc(Br)c(F)cc1[N+](=O)[O-]. The molecule has 7 heteroatoms. The van der Waals surface area contributed by atoms with Gasteiger partial charge in [-0.1, -0.05) is 0 Å². The van der Waals surface area contributed by atoms with E-state index in [1.54, 1.807) is 7.11 Å². The summed E-state index contributed by atoms with van der Waals surface area (Å²) in [6, 6.07) is 2.23. The van der Waals surface area contributed by atoms with Crippen molar-refractivity contribution in [3.05, 3.63) is 32.5 Å². The number of hydrogen-bond acceptors (Lipinski definition) is 4. The zero-order chi connectivity index (χ0) is 13.9. The Morgan fingerprint density at radius 2 is 2.17 bits per heavy atom. The molecule has 18 heavy (non-hydrogen) atoms. The van der Waals surface area contributed by atoms with Crippen molar-refractivity contribution in [2.75, 3.05) is 19.0 Å². The molecule has 0 radical (unpaired) electrons. The van der Waals surface area contributed by atoms with Crippen molar-refractivity contribution < 1.29 is 14.1 Å². The molecule has 1 aromatic carbocycles. The molecule has 0 aliphatic rings. The first-order valence-electron chi connectivity index (χ1n) is 5.19. The van der Waals surface area contributed by atoms with Crippen LogP contribution in [-0.4, -0.2) is 24.2 Å². The summed E-state index contributed by atoms with van der Waals surface area (Å²) in [4.78, 5) is 10.2. The number of benzene rings is 1. The van der Waals surface area contributed by atoms with Gasteiger partial charge in [0.1, 0.15) is 11.5 Å². The third-order valence-corrected chi connectivity index (χ3v) is 3.10. The lowest BCUT2D eigenvalue weighted by molar-refractivity contribution is -0.384. The van der Waals surface area contributed by atoms with Gasteiger partial charge in [-0.25, -0.2) is 4.39 Å². The van der Waals surface area contributed by atoms with Crippen LogP contribution in [0.1, 0.15) is 13.8 Å². The van der Waals surface area contributed by atoms with Crippen molar-refractivity contribution in [1.82, 2.24) is 0 Å². The molecule has 0 fully saturated rings. The summed E-state index contributed by atoms with van der Waals surface area (Å²) in [5, 5.41) is 13.7. The van der Waals surface area contributed by atoms with Gasteiger partial charge < -0.3 is 10.1 Å². The third kappa shape index (κ3) is 3.64. The second kappa shape index (κ2) is 5.62. The van der Waals surface area contributed by atoms with E-state index in [2.05, 4.69) is 21.2 Å². The molecule has 0 saturated heterocycles. The fourth-order valence-corrected chi connectivity index (χ4v) is 1.55. The molecule has 0 aliphatic carbocycles. The van der Waals surface area contributed by atoms with Crippen LogP contribution in [-0.2, 0) is 4.74 Å². The molecular weight excluding hydrogens is 307 g/mol. The average molecular weight is 321 g/mol. The summed E-state index contributed by atoms with van der Waals surface area (Å²) in [5.41, 5.74) is -0.532. The maximum Gasteiger partial charge on any atom is 0.295 e. The summed E-state index contributed by atoms with van der Waals surface area (Å²) < 4.78 is 18.6. The number of anilines is 1. The summed E-state index contributed by atoms with van der Waals surface area (Å²) in [6.07, 6.45) is 0. The number of nitro benzene ring substituents is 1. The van der Waals surface area contributed by atoms with Crippen LogP contribution in [0.25, 0.3) is 0 Å². The molecule has 1 N–H and O–H groups in total. The first-order chi connectivity index (χ1) is 8.26. The van der Waals surface area contributed by atoms with E-state index in [4.69, 9.17) is 4.74 Å². The Kier molecular flexibility index (Phi) is 4.64. The van der Waals surface area contributed by atoms with Gasteiger partial charge in [0.15, 0.2) is 0 Å². The number of nitrogens with one attached hydrogen (secondary N) is 1. The minimum atomic E-state index is -0.668. The number of nitro groups is 1. The van der Waals surface area contributed by atoms with E-state index in [1.807, 2.05) is 13.8 Å². The molecule has 0 unspecified atom stereocenters. The predicted molar refractivity (Wildman–Crippen MR) is 70.3 cm³/mol. The highest BCUT2D eigenvalue weighted by molar-refractivity contribution is 9.10. The molecule has 0 amide bonds. The highest BCUT2D eigenvalue weighted by Crippen LogP contribution is 2.30. The normalized spacial score (nSPS) is 11.4. The lowest BCUT2D eigenvalue weighted by Crippen LogP contribution is -2.32. The molecular formula is C11H14BrFN2O3. The van der Waals surface area contributed by atoms with Crippen LogP contribution in [0, 0.1) is 15.9 Å². The topological polar surface area (TPSA) is 64.4 Å². The number of nitrogens with zero attached hydrogens (tertiary/aromatic N) is 1. The highest BCUT2D eigenvalue weighted by Gasteiger charge is 2.21. The van der Waals surface area contributed by atoms with Crippen molar-refractivity contribution >= 4 is 27.3 Å². The van der Waals surface area contributed by atoms with Gasteiger partial charge in [-0.3, -0.25) is 10.1 Å². The van der Waals surface area contributed by atoms with Gasteiger partial charge in [0, 0.05) is 13.7 Å². The van der Waals surface area contributed by atoms with Crippen LogP contribution in [0.15, 0.2) is 16.6 Å². The van der Waals surface area contributed by atoms with Crippen molar-refractivity contribution in [3.8, 4) is 0 Å². The summed E-state index contributed by atoms with van der Waals surface area (Å²) in [5.74, 6) is -0.668. The van der Waals surface area contributed by atoms with Crippen LogP contribution in [0.3, 0.4) is 0 Å². The van der Waals surface area contributed by atoms with E-state index in [-0.39, 0.29) is 15.8 Å². The van der Waals surface area contributed by atoms with Gasteiger partial charge in [-0.05, 0) is 35.8 Å². The molecule has 5 nitrogen and oxygen atoms in total. The van der Waals surface area contributed by atoms with E-state index < -0.39 is 16.3 Å². The Bertz CT molecular complexity index is 466. The molecule has 0 heterocycles. The number of rotatable bonds is 5. The van der Waals surface area contributed by atoms with Crippen LogP contribution in [0.5, 0.6) is 0 Å². The number of halogens is 2. The summed E-state index contributed by atoms with van der Waals surface area (Å²) in [6.45, 7) is 4.04. The van der Waals surface area contributed by atoms with E-state index in [1.165, 1.54) is 6.07 Å². The van der Waals surface area contributed by atoms with Crippen molar-refractivity contribution in [2.24, 2.45) is 0 Å². The Labute approximate surface area is 113 Å². The lowest BCUT2D eigenvalue weighted by Gasteiger charge is -2.23. The van der Waals surface area contributed by atoms with Gasteiger partial charge in [-0.15, -0.1) is 0 Å². The summed E-state index contributed by atoms with van der Waals surface area (Å²) >= 11 is 3.00. The zero-order valence-electron chi connectivity index (χ0n) is 10.3. The molecule has 0 aliphatic heterocycles. The number of hydrogen-bond donors (Lipinski definition) is 1. The van der Waals surface area contributed by atoms with Gasteiger partial charge in [0.2, 0.25) is 0 Å². The highest BCUT2D eigenvalue weighted by atomic mass is 79.9. The lowest BCUT2D eigenvalue weighted by atomic mass is 10.1. The monoisotopic (exact) mass is 320 g/mol.